The molecule has 2 nitrogen and oxygen atoms in total. The second-order valence-electron chi connectivity index (χ2n) is 4.11. The van der Waals surface area contributed by atoms with Gasteiger partial charge in [0.25, 0.3) is 0 Å². The fourth-order valence-electron chi connectivity index (χ4n) is 1.65. The monoisotopic (exact) mass is 359 g/mol. The maximum Gasteiger partial charge on any atom is 0.0929 e. The molecule has 2 rings (SSSR count). The van der Waals surface area contributed by atoms with E-state index in [1.165, 1.54) is 5.56 Å². The molecule has 0 bridgehead atoms. The number of nitrogens with zero attached hydrogens (tertiary/aromatic N) is 1. The van der Waals surface area contributed by atoms with Gasteiger partial charge in [0.05, 0.1) is 23.2 Å². The van der Waals surface area contributed by atoms with E-state index in [2.05, 4.69) is 27.0 Å². The Labute approximate surface area is 130 Å². The number of ether oxygens (including phenoxy) is 1. The molecule has 0 saturated carbocycles. The summed E-state index contributed by atoms with van der Waals surface area (Å²) in [6, 6.07) is 8.12. The van der Waals surface area contributed by atoms with Crippen molar-refractivity contribution in [2.45, 2.75) is 25.3 Å². The molecule has 19 heavy (non-hydrogen) atoms. The summed E-state index contributed by atoms with van der Waals surface area (Å²) >= 11 is 10.9. The lowest BCUT2D eigenvalue weighted by Gasteiger charge is -2.05. The van der Waals surface area contributed by atoms with Crippen LogP contribution in [0.15, 0.2) is 34.1 Å². The Balaban J connectivity index is 1.66. The van der Waals surface area contributed by atoms with Gasteiger partial charge in [0, 0.05) is 22.9 Å². The summed E-state index contributed by atoms with van der Waals surface area (Å²) in [4.78, 5) is 4.42. The zero-order valence-electron chi connectivity index (χ0n) is 10.4. The van der Waals surface area contributed by atoms with E-state index < -0.39 is 0 Å². The minimum absolute atomic E-state index is 0.495. The van der Waals surface area contributed by atoms with Crippen LogP contribution in [0.4, 0.5) is 0 Å². The lowest BCUT2D eigenvalue weighted by Crippen LogP contribution is -1.98. The highest BCUT2D eigenvalue weighted by molar-refractivity contribution is 9.10. The Morgan fingerprint density at radius 2 is 2.16 bits per heavy atom. The zero-order chi connectivity index (χ0) is 13.5. The summed E-state index contributed by atoms with van der Waals surface area (Å²) in [7, 11) is 0. The molecule has 1 heterocycles. The molecule has 5 heteroatoms. The van der Waals surface area contributed by atoms with E-state index in [0.29, 0.717) is 12.5 Å². The first-order valence-electron chi connectivity index (χ1n) is 6.10. The molecule has 0 amide bonds. The predicted molar refractivity (Wildman–Crippen MR) is 83.8 cm³/mol. The number of aromatic nitrogens is 1. The standard InChI is InChI=1S/C14H15BrClNOS/c15-13-5-2-1-4-11(13)9-18-7-3-6-14-17-12(8-16)10-19-14/h1-2,4-5,10H,3,6-9H2. The Bertz CT molecular complexity index is 518. The van der Waals surface area contributed by atoms with Crippen molar-refractivity contribution in [1.29, 1.82) is 0 Å². The van der Waals surface area contributed by atoms with Crippen molar-refractivity contribution in [1.82, 2.24) is 4.98 Å². The summed E-state index contributed by atoms with van der Waals surface area (Å²) in [5.74, 6) is 0.495. The van der Waals surface area contributed by atoms with Gasteiger partial charge in [-0.2, -0.15) is 0 Å². The van der Waals surface area contributed by atoms with E-state index in [1.54, 1.807) is 11.3 Å². The summed E-state index contributed by atoms with van der Waals surface area (Å²) in [5.41, 5.74) is 2.15. The van der Waals surface area contributed by atoms with Crippen molar-refractivity contribution in [2.75, 3.05) is 6.61 Å². The Morgan fingerprint density at radius 1 is 1.32 bits per heavy atom. The predicted octanol–water partition coefficient (Wildman–Crippen LogP) is 4.79. The van der Waals surface area contributed by atoms with Crippen LogP contribution in [0.5, 0.6) is 0 Å². The summed E-state index contributed by atoms with van der Waals surface area (Å²) < 4.78 is 6.77. The van der Waals surface area contributed by atoms with Gasteiger partial charge < -0.3 is 4.74 Å². The molecule has 0 radical (unpaired) electrons. The normalized spacial score (nSPS) is 10.8. The maximum atomic E-state index is 5.72. The molecule has 0 spiro atoms. The fraction of sp³-hybridized carbons (Fsp3) is 0.357. The van der Waals surface area contributed by atoms with Crippen molar-refractivity contribution in [3.63, 3.8) is 0 Å². The largest absolute Gasteiger partial charge is 0.377 e. The third-order valence-corrected chi connectivity index (χ3v) is 4.64. The average Bonchev–Trinajstić information content (AvgIpc) is 2.88. The Hall–Kier alpha value is -0.420. The van der Waals surface area contributed by atoms with Gasteiger partial charge in [-0.15, -0.1) is 22.9 Å². The van der Waals surface area contributed by atoms with Gasteiger partial charge in [-0.1, -0.05) is 34.1 Å². The number of rotatable bonds is 7. The second-order valence-corrected chi connectivity index (χ2v) is 6.18. The van der Waals surface area contributed by atoms with Crippen LogP contribution in [0, 0.1) is 0 Å². The Kier molecular flexibility index (Phi) is 6.31. The van der Waals surface area contributed by atoms with Gasteiger partial charge in [0.15, 0.2) is 0 Å². The van der Waals surface area contributed by atoms with Gasteiger partial charge in [-0.05, 0) is 18.1 Å². The number of halogens is 2. The third-order valence-electron chi connectivity index (χ3n) is 2.63. The molecule has 0 N–H and O–H groups in total. The molecule has 0 aliphatic carbocycles. The number of aryl methyl sites for hydroxylation is 1. The zero-order valence-corrected chi connectivity index (χ0v) is 13.6. The van der Waals surface area contributed by atoms with Crippen molar-refractivity contribution >= 4 is 38.9 Å². The van der Waals surface area contributed by atoms with Crippen molar-refractivity contribution in [2.24, 2.45) is 0 Å². The number of alkyl halides is 1. The topological polar surface area (TPSA) is 22.1 Å². The molecular weight excluding hydrogens is 346 g/mol. The van der Waals surface area contributed by atoms with Gasteiger partial charge in [-0.3, -0.25) is 0 Å². The van der Waals surface area contributed by atoms with Crippen LogP contribution in [-0.4, -0.2) is 11.6 Å². The molecule has 0 atom stereocenters. The van der Waals surface area contributed by atoms with Crippen LogP contribution in [0.2, 0.25) is 0 Å². The van der Waals surface area contributed by atoms with Crippen LogP contribution in [0.25, 0.3) is 0 Å². The molecule has 102 valence electrons. The van der Waals surface area contributed by atoms with Gasteiger partial charge in [0.2, 0.25) is 0 Å². The smallest absolute Gasteiger partial charge is 0.0929 e. The van der Waals surface area contributed by atoms with Crippen LogP contribution < -0.4 is 0 Å². The van der Waals surface area contributed by atoms with Crippen LogP contribution >= 0.6 is 38.9 Å². The van der Waals surface area contributed by atoms with Crippen molar-refractivity contribution < 1.29 is 4.74 Å². The molecule has 1 aromatic carbocycles. The van der Waals surface area contributed by atoms with E-state index in [-0.39, 0.29) is 0 Å². The van der Waals surface area contributed by atoms with Crippen LogP contribution in [0.3, 0.4) is 0 Å². The van der Waals surface area contributed by atoms with Crippen molar-refractivity contribution in [3.8, 4) is 0 Å². The summed E-state index contributed by atoms with van der Waals surface area (Å²) in [6.45, 7) is 1.39. The molecular formula is C14H15BrClNOS. The first-order chi connectivity index (χ1) is 9.29. The summed E-state index contributed by atoms with van der Waals surface area (Å²) in [5, 5.41) is 3.16. The van der Waals surface area contributed by atoms with E-state index in [9.17, 15) is 0 Å². The fourth-order valence-corrected chi connectivity index (χ4v) is 3.12. The molecule has 0 unspecified atom stereocenters. The Morgan fingerprint density at radius 3 is 2.89 bits per heavy atom. The number of thiazole rings is 1. The maximum absolute atomic E-state index is 5.72. The van der Waals surface area contributed by atoms with E-state index in [4.69, 9.17) is 16.3 Å². The first-order valence-corrected chi connectivity index (χ1v) is 8.30. The quantitative estimate of drug-likeness (QED) is 0.523. The highest BCUT2D eigenvalue weighted by atomic mass is 79.9. The number of benzene rings is 1. The van der Waals surface area contributed by atoms with E-state index in [1.807, 2.05) is 23.6 Å². The molecule has 1 aromatic heterocycles. The molecule has 0 fully saturated rings. The van der Waals surface area contributed by atoms with Crippen molar-refractivity contribution in [3.05, 3.63) is 50.4 Å². The van der Waals surface area contributed by atoms with Gasteiger partial charge in [0.1, 0.15) is 0 Å². The van der Waals surface area contributed by atoms with Gasteiger partial charge in [-0.25, -0.2) is 4.98 Å². The SMILES string of the molecule is ClCc1csc(CCCOCc2ccccc2Br)n1. The number of hydrogen-bond donors (Lipinski definition) is 0. The molecule has 0 aliphatic rings. The van der Waals surface area contributed by atoms with E-state index >= 15 is 0 Å². The lowest BCUT2D eigenvalue weighted by molar-refractivity contribution is 0.118. The van der Waals surface area contributed by atoms with Crippen LogP contribution in [0.1, 0.15) is 22.7 Å². The molecule has 0 saturated heterocycles. The third kappa shape index (κ3) is 4.88. The summed E-state index contributed by atoms with van der Waals surface area (Å²) in [6.07, 6.45) is 1.94. The average molecular weight is 361 g/mol. The highest BCUT2D eigenvalue weighted by Gasteiger charge is 2.02. The highest BCUT2D eigenvalue weighted by Crippen LogP contribution is 2.17. The minimum Gasteiger partial charge on any atom is -0.377 e. The van der Waals surface area contributed by atoms with Gasteiger partial charge >= 0.3 is 0 Å². The molecule has 0 aliphatic heterocycles. The molecule has 2 aromatic rings. The lowest BCUT2D eigenvalue weighted by atomic mass is 10.2. The van der Waals surface area contributed by atoms with E-state index in [0.717, 1.165) is 34.6 Å². The first kappa shape index (κ1) is 15.0. The minimum atomic E-state index is 0.495. The van der Waals surface area contributed by atoms with Crippen LogP contribution in [-0.2, 0) is 23.6 Å². The number of hydrogen-bond acceptors (Lipinski definition) is 3. The second kappa shape index (κ2) is 8.00.